The maximum absolute atomic E-state index is 11.6. The molecule has 0 amide bonds. The van der Waals surface area contributed by atoms with Crippen molar-refractivity contribution in [3.63, 3.8) is 0 Å². The monoisotopic (exact) mass is 197 g/mol. The van der Waals surface area contributed by atoms with Gasteiger partial charge in [0.15, 0.2) is 0 Å². The fourth-order valence-electron chi connectivity index (χ4n) is 1.28. The lowest BCUT2D eigenvalue weighted by molar-refractivity contribution is 0.357. The lowest BCUT2D eigenvalue weighted by atomic mass is 10.2. The average molecular weight is 197 g/mol. The number of hydrogen-bond acceptors (Lipinski definition) is 2. The Morgan fingerprint density at radius 2 is 1.85 bits per heavy atom. The Morgan fingerprint density at radius 1 is 1.31 bits per heavy atom. The minimum absolute atomic E-state index is 0.489. The molecule has 1 rings (SSSR count). The number of hydrogen-bond donors (Lipinski definition) is 0. The summed E-state index contributed by atoms with van der Waals surface area (Å²) in [5.41, 5.74) is 2.07. The highest BCUT2D eigenvalue weighted by Crippen LogP contribution is 2.24. The zero-order valence-corrected chi connectivity index (χ0v) is 9.10. The Morgan fingerprint density at radius 3 is 2.31 bits per heavy atom. The normalized spacial score (nSPS) is 11.5. The van der Waals surface area contributed by atoms with Crippen LogP contribution in [0.4, 0.5) is 0 Å². The smallest absolute Gasteiger partial charge is 0.142 e. The van der Waals surface area contributed by atoms with Crippen LogP contribution in [0.3, 0.4) is 0 Å². The molecule has 0 aliphatic heterocycles. The van der Waals surface area contributed by atoms with E-state index in [0.29, 0.717) is 6.61 Å². The van der Waals surface area contributed by atoms with Crippen LogP contribution in [0.5, 0.6) is 0 Å². The third kappa shape index (κ3) is 2.36. The largest absolute Gasteiger partial charge is 0.549 e. The van der Waals surface area contributed by atoms with Gasteiger partial charge in [0, 0.05) is 11.1 Å². The molecule has 1 unspecified atom stereocenters. The van der Waals surface area contributed by atoms with Crippen molar-refractivity contribution < 1.29 is 9.09 Å². The zero-order valence-electron chi connectivity index (χ0n) is 8.20. The van der Waals surface area contributed by atoms with Crippen molar-refractivity contribution in [1.29, 1.82) is 0 Å². The van der Waals surface area contributed by atoms with Crippen molar-refractivity contribution in [2.45, 2.75) is 20.8 Å². The Hall–Kier alpha value is -0.720. The summed E-state index contributed by atoms with van der Waals surface area (Å²) >= 11 is 0. The molecule has 0 spiro atoms. The van der Waals surface area contributed by atoms with Crippen molar-refractivity contribution in [2.75, 3.05) is 6.61 Å². The first-order valence-electron chi connectivity index (χ1n) is 4.33. The molecule has 1 aromatic carbocycles. The lowest BCUT2D eigenvalue weighted by Crippen LogP contribution is -2.07. The summed E-state index contributed by atoms with van der Waals surface area (Å²) in [6.45, 7) is 6.24. The predicted molar refractivity (Wildman–Crippen MR) is 54.8 cm³/mol. The predicted octanol–water partition coefficient (Wildman–Crippen LogP) is 2.71. The highest BCUT2D eigenvalue weighted by Gasteiger charge is 2.25. The molecule has 2 nitrogen and oxygen atoms in total. The summed E-state index contributed by atoms with van der Waals surface area (Å²) in [6, 6.07) is 5.87. The van der Waals surface area contributed by atoms with Crippen LogP contribution < -0.4 is 5.30 Å². The van der Waals surface area contributed by atoms with Crippen LogP contribution in [0.2, 0.25) is 0 Å². The molecule has 0 saturated carbocycles. The van der Waals surface area contributed by atoms with Crippen LogP contribution in [0.1, 0.15) is 18.1 Å². The van der Waals surface area contributed by atoms with Crippen LogP contribution >= 0.6 is 8.03 Å². The van der Waals surface area contributed by atoms with E-state index in [1.54, 1.807) is 0 Å². The van der Waals surface area contributed by atoms with Gasteiger partial charge in [0.25, 0.3) is 0 Å². The van der Waals surface area contributed by atoms with Crippen LogP contribution in [0.15, 0.2) is 18.2 Å². The van der Waals surface area contributed by atoms with Gasteiger partial charge in [0.05, 0.1) is 0 Å². The molecule has 1 atom stereocenters. The van der Waals surface area contributed by atoms with E-state index < -0.39 is 8.03 Å². The minimum atomic E-state index is -1.67. The van der Waals surface area contributed by atoms with E-state index in [4.69, 9.17) is 4.52 Å². The fourth-order valence-corrected chi connectivity index (χ4v) is 2.36. The number of aryl methyl sites for hydroxylation is 2. The van der Waals surface area contributed by atoms with E-state index in [0.717, 1.165) is 16.4 Å². The molecule has 0 saturated heterocycles. The molecule has 0 aromatic heterocycles. The van der Waals surface area contributed by atoms with Gasteiger partial charge in [0.2, 0.25) is 5.30 Å². The second kappa shape index (κ2) is 4.50. The third-order valence-corrected chi connectivity index (χ3v) is 3.43. The Balaban J connectivity index is 3.05. The summed E-state index contributed by atoms with van der Waals surface area (Å²) < 4.78 is 16.7. The van der Waals surface area contributed by atoms with Gasteiger partial charge in [-0.1, -0.05) is 18.2 Å². The van der Waals surface area contributed by atoms with Crippen LogP contribution in [0.25, 0.3) is 0 Å². The molecule has 3 heteroatoms. The molecule has 70 valence electrons. The molecule has 0 bridgehead atoms. The van der Waals surface area contributed by atoms with Crippen LogP contribution in [-0.4, -0.2) is 6.61 Å². The fraction of sp³-hybridized carbons (Fsp3) is 0.400. The van der Waals surface area contributed by atoms with Gasteiger partial charge in [-0.3, -0.25) is 0 Å². The summed E-state index contributed by atoms with van der Waals surface area (Å²) in [7, 11) is -1.67. The lowest BCUT2D eigenvalue weighted by Gasteiger charge is -1.96. The quantitative estimate of drug-likeness (QED) is 0.696. The first-order valence-corrected chi connectivity index (χ1v) is 5.51. The van der Waals surface area contributed by atoms with E-state index in [-0.39, 0.29) is 0 Å². The highest BCUT2D eigenvalue weighted by molar-refractivity contribution is 7.48. The topological polar surface area (TPSA) is 26.3 Å². The van der Waals surface area contributed by atoms with Crippen LogP contribution in [0, 0.1) is 13.8 Å². The Labute approximate surface area is 79.8 Å². The van der Waals surface area contributed by atoms with Gasteiger partial charge in [-0.2, -0.15) is 0 Å². The van der Waals surface area contributed by atoms with Gasteiger partial charge in [-0.05, 0) is 25.3 Å². The molecule has 1 aromatic rings. The van der Waals surface area contributed by atoms with E-state index >= 15 is 0 Å². The van der Waals surface area contributed by atoms with Crippen molar-refractivity contribution in [1.82, 2.24) is 0 Å². The molecule has 0 radical (unpaired) electrons. The Kier molecular flexibility index (Phi) is 3.58. The van der Waals surface area contributed by atoms with Crippen molar-refractivity contribution in [2.24, 2.45) is 0 Å². The standard InChI is InChI=1S/C10H14O2P/c1-4-12-13(11)10-8(2)6-5-7-9(10)3/h5-7H,4H2,1-3H3/q+1. The zero-order chi connectivity index (χ0) is 9.84. The molecule has 0 heterocycles. The van der Waals surface area contributed by atoms with Gasteiger partial charge < -0.3 is 0 Å². The SMILES string of the molecule is CCO[P+](=O)c1c(C)cccc1C. The molecular formula is C10H14O2P+. The molecule has 0 aliphatic carbocycles. The van der Waals surface area contributed by atoms with Gasteiger partial charge in [-0.25, -0.2) is 0 Å². The first kappa shape index (κ1) is 10.4. The van der Waals surface area contributed by atoms with Crippen molar-refractivity contribution in [3.05, 3.63) is 29.3 Å². The second-order valence-electron chi connectivity index (χ2n) is 2.92. The third-order valence-electron chi connectivity index (χ3n) is 1.87. The molecule has 0 fully saturated rings. The van der Waals surface area contributed by atoms with E-state index in [9.17, 15) is 4.57 Å². The number of benzene rings is 1. The minimum Gasteiger partial charge on any atom is -0.142 e. The average Bonchev–Trinajstić information content (AvgIpc) is 2.04. The molecular weight excluding hydrogens is 183 g/mol. The van der Waals surface area contributed by atoms with E-state index in [1.165, 1.54) is 0 Å². The van der Waals surface area contributed by atoms with Crippen molar-refractivity contribution in [3.8, 4) is 0 Å². The van der Waals surface area contributed by atoms with E-state index in [1.807, 2.05) is 39.0 Å². The number of rotatable bonds is 3. The summed E-state index contributed by atoms with van der Waals surface area (Å²) in [5.74, 6) is 0. The van der Waals surface area contributed by atoms with Gasteiger partial charge in [-0.15, -0.1) is 4.52 Å². The van der Waals surface area contributed by atoms with Gasteiger partial charge in [0.1, 0.15) is 6.61 Å². The Bertz CT molecular complexity index is 300. The molecule has 13 heavy (non-hydrogen) atoms. The second-order valence-corrected chi connectivity index (χ2v) is 4.13. The highest BCUT2D eigenvalue weighted by atomic mass is 31.1. The summed E-state index contributed by atoms with van der Waals surface area (Å²) in [4.78, 5) is 0. The molecule has 0 N–H and O–H groups in total. The maximum atomic E-state index is 11.6. The van der Waals surface area contributed by atoms with Crippen LogP contribution in [-0.2, 0) is 9.09 Å². The first-order chi connectivity index (χ1) is 6.16. The molecule has 0 aliphatic rings. The maximum Gasteiger partial charge on any atom is 0.549 e. The van der Waals surface area contributed by atoms with E-state index in [2.05, 4.69) is 0 Å². The van der Waals surface area contributed by atoms with Crippen molar-refractivity contribution >= 4 is 13.3 Å². The van der Waals surface area contributed by atoms with Gasteiger partial charge >= 0.3 is 8.03 Å². The summed E-state index contributed by atoms with van der Waals surface area (Å²) in [5, 5.41) is 0.847. The summed E-state index contributed by atoms with van der Waals surface area (Å²) in [6.07, 6.45) is 0.